The third-order valence-corrected chi connectivity index (χ3v) is 4.82. The van der Waals surface area contributed by atoms with Crippen molar-refractivity contribution in [1.82, 2.24) is 0 Å². The Morgan fingerprint density at radius 2 is 2.12 bits per heavy atom. The van der Waals surface area contributed by atoms with Crippen LogP contribution in [0.2, 0.25) is 0 Å². The molecule has 2 aliphatic carbocycles. The lowest BCUT2D eigenvalue weighted by Crippen LogP contribution is -2.13. The average Bonchev–Trinajstić information content (AvgIpc) is 3.11. The topological polar surface area (TPSA) is 29.1 Å². The highest BCUT2D eigenvalue weighted by molar-refractivity contribution is 7.16. The summed E-state index contributed by atoms with van der Waals surface area (Å²) >= 11 is 1.76. The molecule has 1 amide bonds. The third kappa shape index (κ3) is 2.04. The molecule has 2 nitrogen and oxygen atoms in total. The van der Waals surface area contributed by atoms with Gasteiger partial charge in [0.05, 0.1) is 0 Å². The Kier molecular flexibility index (Phi) is 2.79. The van der Waals surface area contributed by atoms with Gasteiger partial charge in [-0.3, -0.25) is 4.79 Å². The highest BCUT2D eigenvalue weighted by Gasteiger charge is 2.31. The van der Waals surface area contributed by atoms with Crippen LogP contribution >= 0.6 is 11.3 Å². The van der Waals surface area contributed by atoms with Gasteiger partial charge in [0.1, 0.15) is 5.00 Å². The number of anilines is 1. The van der Waals surface area contributed by atoms with Crippen LogP contribution in [-0.4, -0.2) is 5.91 Å². The van der Waals surface area contributed by atoms with Crippen molar-refractivity contribution in [2.75, 3.05) is 5.32 Å². The van der Waals surface area contributed by atoms with Gasteiger partial charge < -0.3 is 5.32 Å². The molecule has 1 aromatic heterocycles. The van der Waals surface area contributed by atoms with E-state index < -0.39 is 0 Å². The number of nitrogens with one attached hydrogen (secondary N) is 1. The minimum Gasteiger partial charge on any atom is -0.317 e. The van der Waals surface area contributed by atoms with E-state index in [1.165, 1.54) is 35.3 Å². The van der Waals surface area contributed by atoms with Crippen molar-refractivity contribution in [3.8, 4) is 0 Å². The van der Waals surface area contributed by atoms with Crippen LogP contribution in [-0.2, 0) is 17.6 Å². The molecular formula is C14H17NOS. The minimum absolute atomic E-state index is 0.201. The maximum Gasteiger partial charge on any atom is 0.228 e. The van der Waals surface area contributed by atoms with Gasteiger partial charge in [-0.15, -0.1) is 11.3 Å². The van der Waals surface area contributed by atoms with Crippen molar-refractivity contribution in [1.29, 1.82) is 0 Å². The normalized spacial score (nSPS) is 18.6. The fraction of sp³-hybridized carbons (Fsp3) is 0.500. The number of carbonyl (C=O) groups excluding carboxylic acids is 1. The van der Waals surface area contributed by atoms with Crippen LogP contribution in [0.4, 0.5) is 5.00 Å². The lowest BCUT2D eigenvalue weighted by atomic mass is 9.95. The van der Waals surface area contributed by atoms with Crippen molar-refractivity contribution < 1.29 is 4.79 Å². The molecular weight excluding hydrogens is 230 g/mol. The van der Waals surface area contributed by atoms with Crippen LogP contribution in [0.25, 0.3) is 6.08 Å². The van der Waals surface area contributed by atoms with Gasteiger partial charge in [0.2, 0.25) is 5.91 Å². The van der Waals surface area contributed by atoms with Crippen LogP contribution < -0.4 is 5.32 Å². The molecule has 1 saturated carbocycles. The molecule has 3 heteroatoms. The maximum absolute atomic E-state index is 11.8. The van der Waals surface area contributed by atoms with Crippen molar-refractivity contribution in [3.63, 3.8) is 0 Å². The van der Waals surface area contributed by atoms with E-state index >= 15 is 0 Å². The number of carbonyl (C=O) groups is 1. The van der Waals surface area contributed by atoms with E-state index in [2.05, 4.69) is 11.9 Å². The molecule has 1 fully saturated rings. The molecule has 0 radical (unpaired) electrons. The molecule has 2 aliphatic rings. The molecule has 1 heterocycles. The summed E-state index contributed by atoms with van der Waals surface area (Å²) < 4.78 is 0. The summed E-state index contributed by atoms with van der Waals surface area (Å²) in [7, 11) is 0. The molecule has 0 spiro atoms. The number of hydrogen-bond acceptors (Lipinski definition) is 2. The zero-order valence-corrected chi connectivity index (χ0v) is 10.7. The summed E-state index contributed by atoms with van der Waals surface area (Å²) in [5.41, 5.74) is 2.61. The second-order valence-electron chi connectivity index (χ2n) is 4.92. The van der Waals surface area contributed by atoms with Crippen LogP contribution in [0.15, 0.2) is 6.58 Å². The van der Waals surface area contributed by atoms with Crippen LogP contribution in [0, 0.1) is 5.92 Å². The van der Waals surface area contributed by atoms with Gasteiger partial charge in [0, 0.05) is 16.4 Å². The number of aryl methyl sites for hydroxylation is 1. The summed E-state index contributed by atoms with van der Waals surface area (Å²) in [6.07, 6.45) is 8.87. The van der Waals surface area contributed by atoms with E-state index in [9.17, 15) is 4.79 Å². The first kappa shape index (κ1) is 11.0. The molecule has 17 heavy (non-hydrogen) atoms. The SMILES string of the molecule is C=Cc1c(NC(=O)C2CC2)sc2c1CCCC2. The van der Waals surface area contributed by atoms with E-state index in [0.717, 1.165) is 24.3 Å². The fourth-order valence-electron chi connectivity index (χ4n) is 2.46. The molecule has 90 valence electrons. The molecule has 0 aliphatic heterocycles. The average molecular weight is 247 g/mol. The van der Waals surface area contributed by atoms with Gasteiger partial charge in [-0.1, -0.05) is 12.7 Å². The minimum atomic E-state index is 0.201. The molecule has 1 N–H and O–H groups in total. The van der Waals surface area contributed by atoms with Gasteiger partial charge in [-0.25, -0.2) is 0 Å². The fourth-order valence-corrected chi connectivity index (χ4v) is 3.75. The maximum atomic E-state index is 11.8. The standard InChI is InChI=1S/C14H17NOS/c1-2-10-11-5-3-4-6-12(11)17-14(10)15-13(16)9-7-8-9/h2,9H,1,3-8H2,(H,15,16). The Hall–Kier alpha value is -1.09. The van der Waals surface area contributed by atoms with Gasteiger partial charge in [0.25, 0.3) is 0 Å². The summed E-state index contributed by atoms with van der Waals surface area (Å²) in [6.45, 7) is 3.90. The Bertz CT molecular complexity index is 471. The Morgan fingerprint density at radius 3 is 2.82 bits per heavy atom. The zero-order chi connectivity index (χ0) is 11.8. The van der Waals surface area contributed by atoms with E-state index in [0.29, 0.717) is 0 Å². The quantitative estimate of drug-likeness (QED) is 0.868. The smallest absolute Gasteiger partial charge is 0.228 e. The van der Waals surface area contributed by atoms with Gasteiger partial charge >= 0.3 is 0 Å². The lowest BCUT2D eigenvalue weighted by molar-refractivity contribution is -0.117. The Balaban J connectivity index is 1.89. The van der Waals surface area contributed by atoms with Gasteiger partial charge in [-0.2, -0.15) is 0 Å². The molecule has 0 aromatic carbocycles. The predicted molar refractivity (Wildman–Crippen MR) is 72.4 cm³/mol. The highest BCUT2D eigenvalue weighted by Crippen LogP contribution is 2.40. The van der Waals surface area contributed by atoms with Crippen LogP contribution in [0.3, 0.4) is 0 Å². The largest absolute Gasteiger partial charge is 0.317 e. The second kappa shape index (κ2) is 4.30. The number of thiophene rings is 1. The second-order valence-corrected chi connectivity index (χ2v) is 6.03. The summed E-state index contributed by atoms with van der Waals surface area (Å²) in [5.74, 6) is 0.471. The first-order chi connectivity index (χ1) is 8.29. The molecule has 0 unspecified atom stereocenters. The third-order valence-electron chi connectivity index (χ3n) is 3.60. The van der Waals surface area contributed by atoms with E-state index in [1.54, 1.807) is 11.3 Å². The van der Waals surface area contributed by atoms with Crippen molar-refractivity contribution >= 4 is 28.3 Å². The van der Waals surface area contributed by atoms with E-state index in [4.69, 9.17) is 0 Å². The Labute approximate surface area is 106 Å². The lowest BCUT2D eigenvalue weighted by Gasteiger charge is -2.10. The number of fused-ring (bicyclic) bond motifs is 1. The van der Waals surface area contributed by atoms with Crippen molar-refractivity contribution in [2.45, 2.75) is 38.5 Å². The number of hydrogen-bond donors (Lipinski definition) is 1. The van der Waals surface area contributed by atoms with Crippen molar-refractivity contribution in [3.05, 3.63) is 22.6 Å². The summed E-state index contributed by atoms with van der Waals surface area (Å²) in [4.78, 5) is 13.3. The first-order valence-electron chi connectivity index (χ1n) is 6.37. The van der Waals surface area contributed by atoms with Crippen LogP contribution in [0.1, 0.15) is 41.7 Å². The summed E-state index contributed by atoms with van der Waals surface area (Å²) in [6, 6.07) is 0. The van der Waals surface area contributed by atoms with Crippen LogP contribution in [0.5, 0.6) is 0 Å². The van der Waals surface area contributed by atoms with E-state index in [1.807, 2.05) is 6.08 Å². The van der Waals surface area contributed by atoms with E-state index in [-0.39, 0.29) is 11.8 Å². The van der Waals surface area contributed by atoms with Gasteiger partial charge in [-0.05, 0) is 44.1 Å². The zero-order valence-electron chi connectivity index (χ0n) is 9.92. The highest BCUT2D eigenvalue weighted by atomic mass is 32.1. The molecule has 1 aromatic rings. The van der Waals surface area contributed by atoms with Gasteiger partial charge in [0.15, 0.2) is 0 Å². The van der Waals surface area contributed by atoms with Crippen molar-refractivity contribution in [2.24, 2.45) is 5.92 Å². The first-order valence-corrected chi connectivity index (χ1v) is 7.19. The summed E-state index contributed by atoms with van der Waals surface area (Å²) in [5, 5.41) is 4.12. The molecule has 3 rings (SSSR count). The molecule has 0 saturated heterocycles. The molecule has 0 bridgehead atoms. The monoisotopic (exact) mass is 247 g/mol. The number of rotatable bonds is 3. The Morgan fingerprint density at radius 1 is 1.35 bits per heavy atom. The molecule has 0 atom stereocenters. The number of amides is 1. The predicted octanol–water partition coefficient (Wildman–Crippen LogP) is 3.62.